The number of furan rings is 1. The van der Waals surface area contributed by atoms with Crippen molar-refractivity contribution in [1.29, 1.82) is 0 Å². The van der Waals surface area contributed by atoms with Crippen molar-refractivity contribution in [3.63, 3.8) is 0 Å². The number of methoxy groups -OCH3 is 1. The van der Waals surface area contributed by atoms with Crippen molar-refractivity contribution >= 4 is 34.2 Å². The number of piperidine rings is 1. The number of aromatic nitrogens is 2. The number of nitrogens with one attached hydrogen (secondary N) is 2. The average Bonchev–Trinajstić information content (AvgIpc) is 3.54. The van der Waals surface area contributed by atoms with Crippen LogP contribution in [0.4, 0.5) is 23.1 Å². The van der Waals surface area contributed by atoms with E-state index < -0.39 is 0 Å². The highest BCUT2D eigenvalue weighted by Gasteiger charge is 2.38. The predicted octanol–water partition coefficient (Wildman–Crippen LogP) is 3.39. The van der Waals surface area contributed by atoms with Crippen LogP contribution >= 0.6 is 0 Å². The number of hydrogen-bond donors (Lipinski definition) is 2. The van der Waals surface area contributed by atoms with Gasteiger partial charge >= 0.3 is 0 Å². The SMILES string of the molecule is COc1cc(Nc2nc(N3CCC4(CCNC4)CC3)c3occc3n2)ccc1N1CCOCC1. The van der Waals surface area contributed by atoms with Crippen LogP contribution in [0, 0.1) is 5.41 Å². The molecule has 2 aromatic heterocycles. The van der Waals surface area contributed by atoms with Crippen molar-refractivity contribution in [3.05, 3.63) is 30.5 Å². The third-order valence-corrected chi connectivity index (χ3v) is 7.53. The minimum Gasteiger partial charge on any atom is -0.495 e. The molecule has 6 rings (SSSR count). The van der Waals surface area contributed by atoms with Crippen molar-refractivity contribution in [1.82, 2.24) is 15.3 Å². The van der Waals surface area contributed by atoms with E-state index in [4.69, 9.17) is 23.9 Å². The fourth-order valence-electron chi connectivity index (χ4n) is 5.48. The summed E-state index contributed by atoms with van der Waals surface area (Å²) in [6.45, 7) is 7.43. The second-order valence-electron chi connectivity index (χ2n) is 9.53. The van der Waals surface area contributed by atoms with Gasteiger partial charge in [0.2, 0.25) is 5.95 Å². The van der Waals surface area contributed by atoms with Crippen LogP contribution in [0.25, 0.3) is 11.1 Å². The molecule has 3 aliphatic heterocycles. The average molecular weight is 465 g/mol. The Hall–Kier alpha value is -3.04. The molecule has 180 valence electrons. The van der Waals surface area contributed by atoms with Gasteiger partial charge in [-0.2, -0.15) is 4.98 Å². The minimum absolute atomic E-state index is 0.450. The van der Waals surface area contributed by atoms with Crippen molar-refractivity contribution in [2.24, 2.45) is 5.41 Å². The zero-order valence-corrected chi connectivity index (χ0v) is 19.7. The number of ether oxygens (including phenoxy) is 2. The highest BCUT2D eigenvalue weighted by Crippen LogP contribution is 2.39. The van der Waals surface area contributed by atoms with Crippen LogP contribution in [0.15, 0.2) is 34.9 Å². The Bertz CT molecular complexity index is 1140. The van der Waals surface area contributed by atoms with E-state index in [0.29, 0.717) is 11.4 Å². The molecule has 3 fully saturated rings. The van der Waals surface area contributed by atoms with Gasteiger partial charge in [0.15, 0.2) is 11.4 Å². The van der Waals surface area contributed by atoms with Gasteiger partial charge in [0, 0.05) is 50.5 Å². The first-order valence-corrected chi connectivity index (χ1v) is 12.2. The molecule has 34 heavy (non-hydrogen) atoms. The molecule has 1 aromatic carbocycles. The van der Waals surface area contributed by atoms with E-state index >= 15 is 0 Å². The highest BCUT2D eigenvalue weighted by molar-refractivity contribution is 5.86. The molecular formula is C25H32N6O3. The van der Waals surface area contributed by atoms with E-state index in [9.17, 15) is 0 Å². The fourth-order valence-corrected chi connectivity index (χ4v) is 5.48. The number of benzene rings is 1. The smallest absolute Gasteiger partial charge is 0.229 e. The van der Waals surface area contributed by atoms with E-state index in [0.717, 1.165) is 86.5 Å². The van der Waals surface area contributed by atoms with Crippen LogP contribution in [0.3, 0.4) is 0 Å². The summed E-state index contributed by atoms with van der Waals surface area (Å²) in [5, 5.41) is 6.94. The maximum absolute atomic E-state index is 5.80. The van der Waals surface area contributed by atoms with Crippen molar-refractivity contribution < 1.29 is 13.9 Å². The van der Waals surface area contributed by atoms with E-state index in [2.05, 4.69) is 26.5 Å². The molecule has 0 unspecified atom stereocenters. The molecular weight excluding hydrogens is 432 g/mol. The number of rotatable bonds is 5. The Labute approximate surface area is 199 Å². The second-order valence-corrected chi connectivity index (χ2v) is 9.53. The molecule has 0 amide bonds. The van der Waals surface area contributed by atoms with Gasteiger partial charge in [0.1, 0.15) is 11.3 Å². The van der Waals surface area contributed by atoms with Crippen LogP contribution in [0.5, 0.6) is 5.75 Å². The standard InChI is InChI=1S/C25H32N6O3/c1-32-21-16-18(2-3-20(21)30-11-14-33-15-12-30)27-24-28-19-4-13-34-22(19)23(29-24)31-9-6-25(7-10-31)5-8-26-17-25/h2-4,13,16,26H,5-12,14-15,17H2,1H3,(H,27,28,29). The lowest BCUT2D eigenvalue weighted by Crippen LogP contribution is -2.41. The summed E-state index contributed by atoms with van der Waals surface area (Å²) in [4.78, 5) is 14.3. The third kappa shape index (κ3) is 4.03. The Kier molecular flexibility index (Phi) is 5.66. The Morgan fingerprint density at radius 1 is 1.03 bits per heavy atom. The summed E-state index contributed by atoms with van der Waals surface area (Å²) < 4.78 is 17.0. The first-order valence-electron chi connectivity index (χ1n) is 12.2. The first-order chi connectivity index (χ1) is 16.7. The van der Waals surface area contributed by atoms with E-state index in [1.807, 2.05) is 18.2 Å². The number of hydrogen-bond acceptors (Lipinski definition) is 9. The predicted molar refractivity (Wildman–Crippen MR) is 132 cm³/mol. The summed E-state index contributed by atoms with van der Waals surface area (Å²) in [7, 11) is 1.71. The Morgan fingerprint density at radius 3 is 2.65 bits per heavy atom. The van der Waals surface area contributed by atoms with Gasteiger partial charge in [-0.3, -0.25) is 0 Å². The van der Waals surface area contributed by atoms with Gasteiger partial charge in [0.25, 0.3) is 0 Å². The molecule has 9 nitrogen and oxygen atoms in total. The largest absolute Gasteiger partial charge is 0.495 e. The van der Waals surface area contributed by atoms with Crippen LogP contribution < -0.4 is 25.2 Å². The van der Waals surface area contributed by atoms with Crippen LogP contribution in [-0.2, 0) is 4.74 Å². The molecule has 0 bridgehead atoms. The quantitative estimate of drug-likeness (QED) is 0.590. The van der Waals surface area contributed by atoms with Crippen LogP contribution in [0.1, 0.15) is 19.3 Å². The molecule has 0 atom stereocenters. The maximum Gasteiger partial charge on any atom is 0.229 e. The van der Waals surface area contributed by atoms with Crippen molar-refractivity contribution in [2.45, 2.75) is 19.3 Å². The number of anilines is 4. The molecule has 0 radical (unpaired) electrons. The molecule has 0 aliphatic carbocycles. The fraction of sp³-hybridized carbons (Fsp3) is 0.520. The second kappa shape index (κ2) is 8.96. The van der Waals surface area contributed by atoms with Gasteiger partial charge in [-0.15, -0.1) is 0 Å². The maximum atomic E-state index is 5.80. The Morgan fingerprint density at radius 2 is 1.88 bits per heavy atom. The van der Waals surface area contributed by atoms with Crippen molar-refractivity contribution in [3.8, 4) is 5.75 Å². The van der Waals surface area contributed by atoms with Gasteiger partial charge in [-0.25, -0.2) is 4.98 Å². The van der Waals surface area contributed by atoms with Gasteiger partial charge < -0.3 is 34.3 Å². The monoisotopic (exact) mass is 464 g/mol. The minimum atomic E-state index is 0.450. The van der Waals surface area contributed by atoms with Gasteiger partial charge in [0.05, 0.1) is 32.3 Å². The normalized spacial score (nSPS) is 20.3. The molecule has 2 N–H and O–H groups in total. The summed E-state index contributed by atoms with van der Waals surface area (Å²) in [6, 6.07) is 8.04. The molecule has 3 aromatic rings. The number of nitrogens with zero attached hydrogens (tertiary/aromatic N) is 4. The van der Waals surface area contributed by atoms with Gasteiger partial charge in [-0.1, -0.05) is 0 Å². The van der Waals surface area contributed by atoms with E-state index in [1.165, 1.54) is 19.3 Å². The lowest BCUT2D eigenvalue weighted by molar-refractivity contribution is 0.122. The summed E-state index contributed by atoms with van der Waals surface area (Å²) >= 11 is 0. The lowest BCUT2D eigenvalue weighted by Gasteiger charge is -2.39. The van der Waals surface area contributed by atoms with Gasteiger partial charge in [-0.05, 0) is 43.4 Å². The third-order valence-electron chi connectivity index (χ3n) is 7.53. The van der Waals surface area contributed by atoms with E-state index in [1.54, 1.807) is 13.4 Å². The molecule has 0 saturated carbocycles. The molecule has 5 heterocycles. The summed E-state index contributed by atoms with van der Waals surface area (Å²) in [5.74, 6) is 2.26. The highest BCUT2D eigenvalue weighted by atomic mass is 16.5. The lowest BCUT2D eigenvalue weighted by atomic mass is 9.78. The summed E-state index contributed by atoms with van der Waals surface area (Å²) in [6.07, 6.45) is 5.32. The zero-order chi connectivity index (χ0) is 23.0. The molecule has 9 heteroatoms. The zero-order valence-electron chi connectivity index (χ0n) is 19.7. The molecule has 3 aliphatic rings. The topological polar surface area (TPSA) is 87.9 Å². The van der Waals surface area contributed by atoms with Crippen LogP contribution in [-0.4, -0.2) is 69.6 Å². The Balaban J connectivity index is 1.25. The van der Waals surface area contributed by atoms with Crippen LogP contribution in [0.2, 0.25) is 0 Å². The number of fused-ring (bicyclic) bond motifs is 1. The van der Waals surface area contributed by atoms with Crippen molar-refractivity contribution in [2.75, 3.05) is 74.7 Å². The first kappa shape index (κ1) is 21.5. The van der Waals surface area contributed by atoms with E-state index in [-0.39, 0.29) is 0 Å². The summed E-state index contributed by atoms with van der Waals surface area (Å²) in [5.41, 5.74) is 3.98. The number of morpholine rings is 1. The molecule has 1 spiro atoms. The molecule has 3 saturated heterocycles.